The number of carbonyl (C=O) groups is 2. The van der Waals surface area contributed by atoms with Gasteiger partial charge in [-0.2, -0.15) is 0 Å². The molecule has 0 bridgehead atoms. The predicted octanol–water partition coefficient (Wildman–Crippen LogP) is 4.58. The molecule has 2 aromatic carbocycles. The quantitative estimate of drug-likeness (QED) is 0.410. The summed E-state index contributed by atoms with van der Waals surface area (Å²) in [7, 11) is 0. The lowest BCUT2D eigenvalue weighted by atomic mass is 9.77. The molecule has 1 fully saturated rings. The van der Waals surface area contributed by atoms with Gasteiger partial charge in [-0.15, -0.1) is 0 Å². The summed E-state index contributed by atoms with van der Waals surface area (Å²) in [6.07, 6.45) is 1.72. The van der Waals surface area contributed by atoms with Crippen LogP contribution in [0.5, 0.6) is 0 Å². The molecule has 2 amide bonds. The maximum absolute atomic E-state index is 13.8. The standard InChI is InChI=1S/C31H43F2N3O3/c1-6-8-29(39)36-13-11-31(12-14-36,24-10-7-9-23(18-24)30(3,4)5)34-20-28(38)27(35-21(2)37)17-22-15-25(32)19-26(33)16-22/h7,9-10,15-16,18-19,27-28,34,38H,6,8,11-14,17,20H2,1-5H3,(H,35,37)/t27-,28-/m0/s1. The van der Waals surface area contributed by atoms with Crippen molar-refractivity contribution >= 4 is 11.8 Å². The number of rotatable bonds is 10. The van der Waals surface area contributed by atoms with Crippen molar-refractivity contribution in [1.82, 2.24) is 15.5 Å². The number of amides is 2. The molecular weight excluding hydrogens is 500 g/mol. The molecule has 0 radical (unpaired) electrons. The minimum Gasteiger partial charge on any atom is -0.390 e. The average molecular weight is 544 g/mol. The number of nitrogens with one attached hydrogen (secondary N) is 2. The van der Waals surface area contributed by atoms with Crippen LogP contribution in [-0.2, 0) is 27.0 Å². The van der Waals surface area contributed by atoms with E-state index in [0.29, 0.717) is 37.9 Å². The van der Waals surface area contributed by atoms with Crippen LogP contribution in [-0.4, -0.2) is 53.6 Å². The molecule has 6 nitrogen and oxygen atoms in total. The lowest BCUT2D eigenvalue weighted by Crippen LogP contribution is -2.56. The van der Waals surface area contributed by atoms with Crippen LogP contribution in [0.1, 0.15) is 77.0 Å². The van der Waals surface area contributed by atoms with E-state index in [9.17, 15) is 23.5 Å². The summed E-state index contributed by atoms with van der Waals surface area (Å²) in [6, 6.07) is 10.9. The Morgan fingerprint density at radius 3 is 2.28 bits per heavy atom. The molecule has 0 spiro atoms. The third-order valence-corrected chi connectivity index (χ3v) is 7.60. The zero-order chi connectivity index (χ0) is 28.8. The van der Waals surface area contributed by atoms with Crippen LogP contribution in [0.2, 0.25) is 0 Å². The number of benzene rings is 2. The van der Waals surface area contributed by atoms with Gasteiger partial charge < -0.3 is 20.6 Å². The summed E-state index contributed by atoms with van der Waals surface area (Å²) in [5, 5.41) is 17.6. The van der Waals surface area contributed by atoms with E-state index in [4.69, 9.17) is 0 Å². The summed E-state index contributed by atoms with van der Waals surface area (Å²) in [4.78, 5) is 26.4. The SMILES string of the molecule is CCCC(=O)N1CCC(NC[C@H](O)[C@H](Cc2cc(F)cc(F)c2)NC(C)=O)(c2cccc(C(C)(C)C)c2)CC1. The Labute approximate surface area is 231 Å². The number of halogens is 2. The topological polar surface area (TPSA) is 81.7 Å². The number of hydrogen-bond donors (Lipinski definition) is 3. The van der Waals surface area contributed by atoms with Crippen molar-refractivity contribution < 1.29 is 23.5 Å². The normalized spacial score (nSPS) is 17.0. The highest BCUT2D eigenvalue weighted by Crippen LogP contribution is 2.36. The van der Waals surface area contributed by atoms with Gasteiger partial charge in [-0.1, -0.05) is 52.0 Å². The third-order valence-electron chi connectivity index (χ3n) is 7.60. The monoisotopic (exact) mass is 543 g/mol. The number of hydrogen-bond acceptors (Lipinski definition) is 4. The second-order valence-electron chi connectivity index (χ2n) is 11.8. The molecule has 1 aliphatic heterocycles. The molecule has 1 aliphatic rings. The maximum atomic E-state index is 13.8. The minimum atomic E-state index is -1.03. The Morgan fingerprint density at radius 1 is 1.08 bits per heavy atom. The smallest absolute Gasteiger partial charge is 0.222 e. The van der Waals surface area contributed by atoms with Crippen molar-refractivity contribution in [2.45, 2.75) is 89.8 Å². The van der Waals surface area contributed by atoms with Crippen molar-refractivity contribution in [1.29, 1.82) is 0 Å². The first kappa shape index (κ1) is 30.7. The molecule has 3 rings (SSSR count). The van der Waals surface area contributed by atoms with Crippen molar-refractivity contribution in [2.24, 2.45) is 0 Å². The van der Waals surface area contributed by atoms with E-state index in [-0.39, 0.29) is 30.2 Å². The van der Waals surface area contributed by atoms with E-state index >= 15 is 0 Å². The molecule has 0 aliphatic carbocycles. The molecule has 2 aromatic rings. The molecule has 1 heterocycles. The van der Waals surface area contributed by atoms with Crippen LogP contribution < -0.4 is 10.6 Å². The summed E-state index contributed by atoms with van der Waals surface area (Å²) in [5.41, 5.74) is 2.09. The number of likely N-dealkylation sites (tertiary alicyclic amines) is 1. The van der Waals surface area contributed by atoms with Crippen LogP contribution in [0, 0.1) is 11.6 Å². The van der Waals surface area contributed by atoms with Gasteiger partial charge in [-0.05, 0) is 59.9 Å². The Morgan fingerprint density at radius 2 is 1.72 bits per heavy atom. The van der Waals surface area contributed by atoms with Crippen molar-refractivity contribution in [2.75, 3.05) is 19.6 Å². The van der Waals surface area contributed by atoms with Crippen LogP contribution in [0.25, 0.3) is 0 Å². The third kappa shape index (κ3) is 8.32. The van der Waals surface area contributed by atoms with Gasteiger partial charge in [0.15, 0.2) is 0 Å². The van der Waals surface area contributed by atoms with Crippen molar-refractivity contribution in [3.8, 4) is 0 Å². The lowest BCUT2D eigenvalue weighted by Gasteiger charge is -2.44. The van der Waals surface area contributed by atoms with Crippen molar-refractivity contribution in [3.05, 3.63) is 70.8 Å². The Kier molecular flexibility index (Phi) is 10.2. The molecule has 0 saturated carbocycles. The molecule has 3 N–H and O–H groups in total. The highest BCUT2D eigenvalue weighted by molar-refractivity contribution is 5.76. The van der Waals surface area contributed by atoms with E-state index in [1.165, 1.54) is 24.6 Å². The zero-order valence-corrected chi connectivity index (χ0v) is 23.8. The number of piperidine rings is 1. The van der Waals surface area contributed by atoms with Gasteiger partial charge in [0, 0.05) is 44.6 Å². The zero-order valence-electron chi connectivity index (χ0n) is 23.8. The van der Waals surface area contributed by atoms with Gasteiger partial charge in [-0.25, -0.2) is 8.78 Å². The van der Waals surface area contributed by atoms with E-state index in [2.05, 4.69) is 49.6 Å². The van der Waals surface area contributed by atoms with Gasteiger partial charge in [0.2, 0.25) is 11.8 Å². The second kappa shape index (κ2) is 13.0. The summed E-state index contributed by atoms with van der Waals surface area (Å²) in [6.45, 7) is 11.2. The van der Waals surface area contributed by atoms with E-state index in [0.717, 1.165) is 18.1 Å². The molecule has 214 valence electrons. The van der Waals surface area contributed by atoms with Crippen LogP contribution >= 0.6 is 0 Å². The first-order chi connectivity index (χ1) is 18.3. The first-order valence-corrected chi connectivity index (χ1v) is 13.9. The highest BCUT2D eigenvalue weighted by atomic mass is 19.1. The highest BCUT2D eigenvalue weighted by Gasteiger charge is 2.38. The van der Waals surface area contributed by atoms with E-state index in [1.807, 2.05) is 17.9 Å². The summed E-state index contributed by atoms with van der Waals surface area (Å²) in [5.74, 6) is -1.60. The van der Waals surface area contributed by atoms with E-state index < -0.39 is 29.3 Å². The molecule has 0 unspecified atom stereocenters. The average Bonchev–Trinajstić information content (AvgIpc) is 2.86. The minimum absolute atomic E-state index is 0.0504. The molecular formula is C31H43F2N3O3. The van der Waals surface area contributed by atoms with Crippen molar-refractivity contribution in [3.63, 3.8) is 0 Å². The van der Waals surface area contributed by atoms with Crippen LogP contribution in [0.15, 0.2) is 42.5 Å². The van der Waals surface area contributed by atoms with Gasteiger partial charge in [0.05, 0.1) is 12.1 Å². The lowest BCUT2D eigenvalue weighted by molar-refractivity contribution is -0.133. The number of aliphatic hydroxyl groups excluding tert-OH is 1. The molecule has 2 atom stereocenters. The Bertz CT molecular complexity index is 1120. The number of carbonyl (C=O) groups excluding carboxylic acids is 2. The van der Waals surface area contributed by atoms with Gasteiger partial charge in [-0.3, -0.25) is 9.59 Å². The maximum Gasteiger partial charge on any atom is 0.222 e. The summed E-state index contributed by atoms with van der Waals surface area (Å²) >= 11 is 0. The van der Waals surface area contributed by atoms with Crippen LogP contribution in [0.4, 0.5) is 8.78 Å². The molecule has 8 heteroatoms. The fourth-order valence-corrected chi connectivity index (χ4v) is 5.33. The first-order valence-electron chi connectivity index (χ1n) is 13.9. The molecule has 0 aromatic heterocycles. The Hall–Kier alpha value is -2.84. The fraction of sp³-hybridized carbons (Fsp3) is 0.548. The summed E-state index contributed by atoms with van der Waals surface area (Å²) < 4.78 is 27.6. The van der Waals surface area contributed by atoms with E-state index in [1.54, 1.807) is 0 Å². The Balaban J connectivity index is 1.85. The second-order valence-corrected chi connectivity index (χ2v) is 11.8. The largest absolute Gasteiger partial charge is 0.390 e. The fourth-order valence-electron chi connectivity index (χ4n) is 5.33. The van der Waals surface area contributed by atoms with Crippen LogP contribution in [0.3, 0.4) is 0 Å². The molecule has 1 saturated heterocycles. The van der Waals surface area contributed by atoms with Gasteiger partial charge in [0.1, 0.15) is 11.6 Å². The number of aliphatic hydroxyl groups is 1. The van der Waals surface area contributed by atoms with Gasteiger partial charge >= 0.3 is 0 Å². The number of nitrogens with zero attached hydrogens (tertiary/aromatic N) is 1. The predicted molar refractivity (Wildman–Crippen MR) is 149 cm³/mol. The van der Waals surface area contributed by atoms with Gasteiger partial charge in [0.25, 0.3) is 0 Å². The molecule has 39 heavy (non-hydrogen) atoms.